The lowest BCUT2D eigenvalue weighted by molar-refractivity contribution is -0.386. The largest absolute Gasteiger partial charge is 0.499 e. The number of methoxy groups -OCH3 is 1. The van der Waals surface area contributed by atoms with Crippen LogP contribution in [0.1, 0.15) is 17.3 Å². The molecule has 1 rings (SSSR count). The van der Waals surface area contributed by atoms with Gasteiger partial charge in [-0.05, 0) is 19.1 Å². The quantitative estimate of drug-likeness (QED) is 0.350. The second-order valence-electron chi connectivity index (χ2n) is 3.63. The van der Waals surface area contributed by atoms with Crippen LogP contribution in [0.5, 0.6) is 11.5 Å². The Balaban J connectivity index is 3.13. The Bertz CT molecular complexity index is 501. The molecule has 0 aliphatic carbocycles. The summed E-state index contributed by atoms with van der Waals surface area (Å²) in [6, 6.07) is 2.45. The van der Waals surface area contributed by atoms with Gasteiger partial charge in [-0.2, -0.15) is 0 Å². The van der Waals surface area contributed by atoms with Crippen LogP contribution in [0.4, 0.5) is 5.69 Å². The van der Waals surface area contributed by atoms with Gasteiger partial charge in [0.2, 0.25) is 5.75 Å². The van der Waals surface area contributed by atoms with Crippen LogP contribution in [0.2, 0.25) is 0 Å². The highest BCUT2D eigenvalue weighted by atomic mass is 16.6. The number of aromatic hydroxyl groups is 1. The van der Waals surface area contributed by atoms with E-state index in [1.807, 2.05) is 0 Å². The van der Waals surface area contributed by atoms with Gasteiger partial charge in [-0.15, -0.1) is 0 Å². The average Bonchev–Trinajstić information content (AvgIpc) is 2.40. The van der Waals surface area contributed by atoms with Crippen molar-refractivity contribution in [2.45, 2.75) is 6.92 Å². The van der Waals surface area contributed by atoms with E-state index in [2.05, 4.69) is 0 Å². The fourth-order valence-electron chi connectivity index (χ4n) is 1.47. The third kappa shape index (κ3) is 3.58. The molecule has 0 bridgehead atoms. The standard InChI is InChI=1S/C12H15NO7/c1-3-19-12(15)8-4-5-9(20-7-6-18-2)11(14)10(8)13(16)17/h4-5,14H,3,6-7H2,1-2H3. The van der Waals surface area contributed by atoms with Crippen LogP contribution in [-0.4, -0.2) is 42.9 Å². The van der Waals surface area contributed by atoms with Crippen molar-refractivity contribution in [2.75, 3.05) is 26.9 Å². The molecule has 0 fully saturated rings. The number of esters is 1. The van der Waals surface area contributed by atoms with E-state index in [9.17, 15) is 20.0 Å². The third-order valence-electron chi connectivity index (χ3n) is 2.34. The Labute approximate surface area is 115 Å². The molecule has 0 radical (unpaired) electrons. The normalized spacial score (nSPS) is 10.1. The third-order valence-corrected chi connectivity index (χ3v) is 2.34. The Morgan fingerprint density at radius 2 is 2.10 bits per heavy atom. The molecule has 8 heteroatoms. The number of hydrogen-bond acceptors (Lipinski definition) is 7. The second-order valence-corrected chi connectivity index (χ2v) is 3.63. The lowest BCUT2D eigenvalue weighted by Crippen LogP contribution is -2.09. The first-order valence-electron chi connectivity index (χ1n) is 5.82. The summed E-state index contributed by atoms with van der Waals surface area (Å²) in [6.07, 6.45) is 0. The maximum absolute atomic E-state index is 11.6. The van der Waals surface area contributed by atoms with E-state index < -0.39 is 22.3 Å². The number of benzene rings is 1. The molecule has 110 valence electrons. The molecule has 0 atom stereocenters. The van der Waals surface area contributed by atoms with Crippen molar-refractivity contribution in [3.05, 3.63) is 27.8 Å². The first kappa shape index (κ1) is 15.7. The number of carbonyl (C=O) groups excluding carboxylic acids is 1. The van der Waals surface area contributed by atoms with Gasteiger partial charge >= 0.3 is 11.7 Å². The molecule has 0 spiro atoms. The molecule has 0 saturated heterocycles. The fourth-order valence-corrected chi connectivity index (χ4v) is 1.47. The molecular weight excluding hydrogens is 270 g/mol. The van der Waals surface area contributed by atoms with Crippen molar-refractivity contribution >= 4 is 11.7 Å². The van der Waals surface area contributed by atoms with Crippen LogP contribution in [0.15, 0.2) is 12.1 Å². The molecule has 8 nitrogen and oxygen atoms in total. The summed E-state index contributed by atoms with van der Waals surface area (Å²) in [5.41, 5.74) is -1.06. The summed E-state index contributed by atoms with van der Waals surface area (Å²) in [5, 5.41) is 20.8. The van der Waals surface area contributed by atoms with Crippen LogP contribution in [0, 0.1) is 10.1 Å². The van der Waals surface area contributed by atoms with Gasteiger partial charge in [-0.3, -0.25) is 10.1 Å². The zero-order valence-electron chi connectivity index (χ0n) is 11.1. The van der Waals surface area contributed by atoms with E-state index in [1.165, 1.54) is 19.2 Å². The van der Waals surface area contributed by atoms with Crippen molar-refractivity contribution < 1.29 is 29.0 Å². The van der Waals surface area contributed by atoms with E-state index in [-0.39, 0.29) is 31.1 Å². The van der Waals surface area contributed by atoms with E-state index in [4.69, 9.17) is 14.2 Å². The van der Waals surface area contributed by atoms with Crippen molar-refractivity contribution in [1.29, 1.82) is 0 Å². The highest BCUT2D eigenvalue weighted by molar-refractivity contribution is 5.95. The van der Waals surface area contributed by atoms with Crippen LogP contribution in [-0.2, 0) is 9.47 Å². The first-order chi connectivity index (χ1) is 9.52. The summed E-state index contributed by atoms with van der Waals surface area (Å²) in [5.74, 6) is -1.68. The van der Waals surface area contributed by atoms with Gasteiger partial charge in [0.1, 0.15) is 12.2 Å². The number of ether oxygens (including phenoxy) is 3. The Kier molecular flexibility index (Phi) is 5.73. The highest BCUT2D eigenvalue weighted by Gasteiger charge is 2.28. The van der Waals surface area contributed by atoms with Crippen LogP contribution < -0.4 is 4.74 Å². The van der Waals surface area contributed by atoms with E-state index in [0.717, 1.165) is 0 Å². The molecule has 0 saturated carbocycles. The first-order valence-corrected chi connectivity index (χ1v) is 5.82. The minimum absolute atomic E-state index is 0.0723. The lowest BCUT2D eigenvalue weighted by atomic mass is 10.1. The minimum atomic E-state index is -0.877. The van der Waals surface area contributed by atoms with E-state index in [0.29, 0.717) is 0 Å². The molecule has 1 N–H and O–H groups in total. The fraction of sp³-hybridized carbons (Fsp3) is 0.417. The smallest absolute Gasteiger partial charge is 0.345 e. The maximum atomic E-state index is 11.6. The molecule has 0 aromatic heterocycles. The number of nitro groups is 1. The van der Waals surface area contributed by atoms with Gasteiger partial charge in [0, 0.05) is 7.11 Å². The van der Waals surface area contributed by atoms with Crippen molar-refractivity contribution in [3.63, 3.8) is 0 Å². The van der Waals surface area contributed by atoms with Gasteiger partial charge in [0.25, 0.3) is 0 Å². The molecule has 1 aromatic carbocycles. The van der Waals surface area contributed by atoms with Gasteiger partial charge in [0.05, 0.1) is 18.1 Å². The Morgan fingerprint density at radius 1 is 1.40 bits per heavy atom. The van der Waals surface area contributed by atoms with Gasteiger partial charge in [-0.25, -0.2) is 4.79 Å². The van der Waals surface area contributed by atoms with Crippen molar-refractivity contribution in [3.8, 4) is 11.5 Å². The maximum Gasteiger partial charge on any atom is 0.345 e. The van der Waals surface area contributed by atoms with E-state index >= 15 is 0 Å². The summed E-state index contributed by atoms with van der Waals surface area (Å²) >= 11 is 0. The van der Waals surface area contributed by atoms with Crippen molar-refractivity contribution in [2.24, 2.45) is 0 Å². The number of nitrogens with zero attached hydrogens (tertiary/aromatic N) is 1. The van der Waals surface area contributed by atoms with E-state index in [1.54, 1.807) is 6.92 Å². The Hall–Kier alpha value is -2.35. The van der Waals surface area contributed by atoms with Crippen LogP contribution in [0.3, 0.4) is 0 Å². The molecule has 0 amide bonds. The highest BCUT2D eigenvalue weighted by Crippen LogP contribution is 2.38. The van der Waals surface area contributed by atoms with Gasteiger partial charge in [-0.1, -0.05) is 0 Å². The number of hydrogen-bond donors (Lipinski definition) is 1. The Morgan fingerprint density at radius 3 is 2.65 bits per heavy atom. The monoisotopic (exact) mass is 285 g/mol. The number of rotatable bonds is 7. The topological polar surface area (TPSA) is 108 Å². The molecule has 1 aromatic rings. The zero-order chi connectivity index (χ0) is 15.1. The molecular formula is C12H15NO7. The second kappa shape index (κ2) is 7.29. The molecule has 0 unspecified atom stereocenters. The summed E-state index contributed by atoms with van der Waals surface area (Å²) < 4.78 is 14.6. The number of phenols is 1. The van der Waals surface area contributed by atoms with Gasteiger partial charge in [0.15, 0.2) is 5.75 Å². The van der Waals surface area contributed by atoms with Crippen LogP contribution >= 0.6 is 0 Å². The summed E-state index contributed by atoms with van der Waals surface area (Å²) in [7, 11) is 1.47. The number of phenolic OH excluding ortho intramolecular Hbond substituents is 1. The molecule has 20 heavy (non-hydrogen) atoms. The predicted octanol–water partition coefficient (Wildman–Crippen LogP) is 1.50. The predicted molar refractivity (Wildman–Crippen MR) is 68.1 cm³/mol. The zero-order valence-corrected chi connectivity index (χ0v) is 11.1. The minimum Gasteiger partial charge on any atom is -0.499 e. The molecule has 0 aliphatic rings. The van der Waals surface area contributed by atoms with Crippen molar-refractivity contribution in [1.82, 2.24) is 0 Å². The molecule has 0 heterocycles. The lowest BCUT2D eigenvalue weighted by Gasteiger charge is -2.09. The van der Waals surface area contributed by atoms with Gasteiger partial charge < -0.3 is 19.3 Å². The number of carbonyl (C=O) groups is 1. The average molecular weight is 285 g/mol. The molecule has 0 aliphatic heterocycles. The SMILES string of the molecule is CCOC(=O)c1ccc(OCCOC)c(O)c1[N+](=O)[O-]. The summed E-state index contributed by atoms with van der Waals surface area (Å²) in [4.78, 5) is 21.7. The number of nitro benzene ring substituents is 1. The summed E-state index contributed by atoms with van der Waals surface area (Å²) in [6.45, 7) is 2.02. The van der Waals surface area contributed by atoms with Crippen LogP contribution in [0.25, 0.3) is 0 Å².